The summed E-state index contributed by atoms with van der Waals surface area (Å²) < 4.78 is 6.24. The van der Waals surface area contributed by atoms with E-state index in [0.29, 0.717) is 6.61 Å². The number of aromatic nitrogens is 1. The lowest BCUT2D eigenvalue weighted by atomic mass is 10.2. The molecule has 4 nitrogen and oxygen atoms in total. The van der Waals surface area contributed by atoms with Gasteiger partial charge in [0.25, 0.3) is 5.56 Å². The molecule has 1 atom stereocenters. The van der Waals surface area contributed by atoms with E-state index >= 15 is 0 Å². The van der Waals surface area contributed by atoms with Crippen molar-refractivity contribution in [1.82, 2.24) is 4.57 Å². The lowest BCUT2D eigenvalue weighted by Gasteiger charge is -2.13. The first-order chi connectivity index (χ1) is 7.06. The number of hydrogen-bond donors (Lipinski definition) is 0. The van der Waals surface area contributed by atoms with Crippen molar-refractivity contribution in [2.75, 3.05) is 6.61 Å². The highest BCUT2D eigenvalue weighted by Crippen LogP contribution is 2.05. The summed E-state index contributed by atoms with van der Waals surface area (Å²) in [6.45, 7) is 5.58. The van der Waals surface area contributed by atoms with Crippen LogP contribution < -0.4 is 5.56 Å². The highest BCUT2D eigenvalue weighted by molar-refractivity contribution is 5.73. The molecule has 0 radical (unpaired) electrons. The Kier molecular flexibility index (Phi) is 3.66. The van der Waals surface area contributed by atoms with E-state index in [4.69, 9.17) is 4.74 Å². The Morgan fingerprint density at radius 2 is 2.20 bits per heavy atom. The van der Waals surface area contributed by atoms with Crippen LogP contribution in [0.4, 0.5) is 0 Å². The van der Waals surface area contributed by atoms with Crippen molar-refractivity contribution in [1.29, 1.82) is 0 Å². The summed E-state index contributed by atoms with van der Waals surface area (Å²) in [6.07, 6.45) is 1.66. The minimum absolute atomic E-state index is 0.193. The number of ether oxygens (including phenoxy) is 1. The van der Waals surface area contributed by atoms with Crippen LogP contribution in [-0.2, 0) is 9.53 Å². The molecule has 1 unspecified atom stereocenters. The fourth-order valence-corrected chi connectivity index (χ4v) is 1.29. The minimum atomic E-state index is -0.572. The minimum Gasteiger partial charge on any atom is -0.464 e. The van der Waals surface area contributed by atoms with Gasteiger partial charge in [0, 0.05) is 12.3 Å². The largest absolute Gasteiger partial charge is 0.464 e. The molecule has 0 aromatic carbocycles. The van der Waals surface area contributed by atoms with Gasteiger partial charge in [-0.2, -0.15) is 0 Å². The van der Waals surface area contributed by atoms with E-state index in [-0.39, 0.29) is 11.5 Å². The number of hydrogen-bond acceptors (Lipinski definition) is 3. The summed E-state index contributed by atoms with van der Waals surface area (Å²) in [4.78, 5) is 22.9. The van der Waals surface area contributed by atoms with Gasteiger partial charge in [-0.25, -0.2) is 4.79 Å². The number of nitrogens with zero attached hydrogens (tertiary/aromatic N) is 1. The van der Waals surface area contributed by atoms with Gasteiger partial charge in [-0.15, -0.1) is 0 Å². The summed E-state index contributed by atoms with van der Waals surface area (Å²) in [5.74, 6) is -0.384. The quantitative estimate of drug-likeness (QED) is 0.704. The first kappa shape index (κ1) is 11.5. The van der Waals surface area contributed by atoms with Gasteiger partial charge in [0.1, 0.15) is 6.04 Å². The maximum absolute atomic E-state index is 11.5. The molecule has 0 amide bonds. The molecule has 0 N–H and O–H groups in total. The molecule has 82 valence electrons. The van der Waals surface area contributed by atoms with E-state index in [2.05, 4.69) is 0 Å². The smallest absolute Gasteiger partial charge is 0.328 e. The summed E-state index contributed by atoms with van der Waals surface area (Å²) in [5, 5.41) is 0. The molecule has 1 heterocycles. The zero-order valence-electron chi connectivity index (χ0n) is 9.19. The SMILES string of the molecule is CCOC(=O)C(C)n1cc(C)ccc1=O. The van der Waals surface area contributed by atoms with Gasteiger partial charge in [0.2, 0.25) is 0 Å². The molecule has 1 aromatic heterocycles. The number of aryl methyl sites for hydroxylation is 1. The molecule has 0 saturated heterocycles. The monoisotopic (exact) mass is 209 g/mol. The average molecular weight is 209 g/mol. The van der Waals surface area contributed by atoms with E-state index in [9.17, 15) is 9.59 Å². The molecule has 0 fully saturated rings. The maximum atomic E-state index is 11.5. The van der Waals surface area contributed by atoms with Crippen molar-refractivity contribution in [3.8, 4) is 0 Å². The van der Waals surface area contributed by atoms with Gasteiger partial charge in [-0.1, -0.05) is 6.07 Å². The number of pyridine rings is 1. The number of rotatable bonds is 3. The summed E-state index contributed by atoms with van der Waals surface area (Å²) in [5.41, 5.74) is 0.743. The van der Waals surface area contributed by atoms with Crippen LogP contribution in [0.25, 0.3) is 0 Å². The highest BCUT2D eigenvalue weighted by Gasteiger charge is 2.16. The van der Waals surface area contributed by atoms with Crippen LogP contribution >= 0.6 is 0 Å². The molecule has 1 rings (SSSR count). The molecule has 0 bridgehead atoms. The second-order valence-corrected chi connectivity index (χ2v) is 3.38. The molecule has 15 heavy (non-hydrogen) atoms. The van der Waals surface area contributed by atoms with Crippen LogP contribution in [-0.4, -0.2) is 17.1 Å². The number of carbonyl (C=O) groups is 1. The van der Waals surface area contributed by atoms with Crippen LogP contribution in [0.2, 0.25) is 0 Å². The molecule has 0 aliphatic carbocycles. The van der Waals surface area contributed by atoms with Crippen LogP contribution in [0.1, 0.15) is 25.5 Å². The number of esters is 1. The van der Waals surface area contributed by atoms with Crippen molar-refractivity contribution in [3.63, 3.8) is 0 Å². The zero-order valence-corrected chi connectivity index (χ0v) is 9.19. The Labute approximate surface area is 88.5 Å². The lowest BCUT2D eigenvalue weighted by Crippen LogP contribution is -2.28. The van der Waals surface area contributed by atoms with Crippen molar-refractivity contribution in [2.24, 2.45) is 0 Å². The summed E-state index contributed by atoms with van der Waals surface area (Å²) >= 11 is 0. The molecule has 1 aromatic rings. The zero-order chi connectivity index (χ0) is 11.4. The van der Waals surface area contributed by atoms with Crippen molar-refractivity contribution in [3.05, 3.63) is 34.2 Å². The van der Waals surface area contributed by atoms with E-state index in [1.807, 2.05) is 6.92 Å². The fourth-order valence-electron chi connectivity index (χ4n) is 1.29. The van der Waals surface area contributed by atoms with E-state index in [1.54, 1.807) is 26.1 Å². The Morgan fingerprint density at radius 1 is 1.53 bits per heavy atom. The van der Waals surface area contributed by atoms with Crippen LogP contribution in [0.15, 0.2) is 23.1 Å². The summed E-state index contributed by atoms with van der Waals surface area (Å²) in [6, 6.07) is 2.60. The van der Waals surface area contributed by atoms with Gasteiger partial charge in [0.15, 0.2) is 0 Å². The second kappa shape index (κ2) is 4.77. The van der Waals surface area contributed by atoms with Crippen molar-refractivity contribution >= 4 is 5.97 Å². The Hall–Kier alpha value is -1.58. The van der Waals surface area contributed by atoms with E-state index in [1.165, 1.54) is 10.6 Å². The van der Waals surface area contributed by atoms with Crippen LogP contribution in [0.3, 0.4) is 0 Å². The fraction of sp³-hybridized carbons (Fsp3) is 0.455. The van der Waals surface area contributed by atoms with Gasteiger partial charge in [-0.3, -0.25) is 4.79 Å². The Balaban J connectivity index is 3.00. The van der Waals surface area contributed by atoms with Crippen molar-refractivity contribution in [2.45, 2.75) is 26.8 Å². The Morgan fingerprint density at radius 3 is 2.80 bits per heavy atom. The van der Waals surface area contributed by atoms with Gasteiger partial charge >= 0.3 is 5.97 Å². The Bertz CT molecular complexity index is 409. The van der Waals surface area contributed by atoms with E-state index in [0.717, 1.165) is 5.56 Å². The molecule has 0 aliphatic rings. The predicted octanol–water partition coefficient (Wildman–Crippen LogP) is 1.28. The third kappa shape index (κ3) is 2.68. The average Bonchev–Trinajstić information content (AvgIpc) is 2.21. The topological polar surface area (TPSA) is 48.3 Å². The van der Waals surface area contributed by atoms with Gasteiger partial charge in [0.05, 0.1) is 6.61 Å². The summed E-state index contributed by atoms with van der Waals surface area (Å²) in [7, 11) is 0. The first-order valence-corrected chi connectivity index (χ1v) is 4.91. The third-order valence-corrected chi connectivity index (χ3v) is 2.13. The normalized spacial score (nSPS) is 12.2. The maximum Gasteiger partial charge on any atom is 0.328 e. The highest BCUT2D eigenvalue weighted by atomic mass is 16.5. The molecule has 0 aliphatic heterocycles. The predicted molar refractivity (Wildman–Crippen MR) is 56.8 cm³/mol. The van der Waals surface area contributed by atoms with Crippen molar-refractivity contribution < 1.29 is 9.53 Å². The third-order valence-electron chi connectivity index (χ3n) is 2.13. The van der Waals surface area contributed by atoms with Gasteiger partial charge < -0.3 is 9.30 Å². The van der Waals surface area contributed by atoms with Crippen LogP contribution in [0, 0.1) is 6.92 Å². The number of carbonyl (C=O) groups excluding carboxylic acids is 1. The first-order valence-electron chi connectivity index (χ1n) is 4.91. The lowest BCUT2D eigenvalue weighted by molar-refractivity contribution is -0.146. The van der Waals surface area contributed by atoms with Crippen LogP contribution in [0.5, 0.6) is 0 Å². The molecular weight excluding hydrogens is 194 g/mol. The molecular formula is C11H15NO3. The standard InChI is InChI=1S/C11H15NO3/c1-4-15-11(14)9(3)12-7-8(2)5-6-10(12)13/h5-7,9H,4H2,1-3H3. The second-order valence-electron chi connectivity index (χ2n) is 3.38. The molecule has 0 saturated carbocycles. The van der Waals surface area contributed by atoms with Gasteiger partial charge in [-0.05, 0) is 26.3 Å². The molecule has 0 spiro atoms. The van der Waals surface area contributed by atoms with E-state index < -0.39 is 6.04 Å². The molecule has 4 heteroatoms.